The maximum atomic E-state index is 12.6. The smallest absolute Gasteiger partial charge is 0.167 e. The van der Waals surface area contributed by atoms with Gasteiger partial charge in [-0.3, -0.25) is 4.79 Å². The van der Waals surface area contributed by atoms with E-state index in [1.54, 1.807) is 12.1 Å². The lowest BCUT2D eigenvalue weighted by Gasteiger charge is -2.29. The van der Waals surface area contributed by atoms with Crippen molar-refractivity contribution >= 4 is 11.9 Å². The minimum Gasteiger partial charge on any atom is -0.507 e. The van der Waals surface area contributed by atoms with Gasteiger partial charge in [-0.1, -0.05) is 13.0 Å². The second-order valence-electron chi connectivity index (χ2n) is 7.36. The largest absolute Gasteiger partial charge is 0.507 e. The van der Waals surface area contributed by atoms with Gasteiger partial charge in [0, 0.05) is 17.5 Å². The van der Waals surface area contributed by atoms with E-state index < -0.39 is 11.7 Å². The van der Waals surface area contributed by atoms with Crippen molar-refractivity contribution < 1.29 is 24.2 Å². The summed E-state index contributed by atoms with van der Waals surface area (Å²) in [7, 11) is 0. The van der Waals surface area contributed by atoms with Gasteiger partial charge in [0.1, 0.15) is 22.7 Å². The van der Waals surface area contributed by atoms with Crippen LogP contribution in [0, 0.1) is 5.92 Å². The SMILES string of the molecule is C[C@H]1CC(=O)c2c(coc2-c2c(O)ccc3c2OC(C)(C)C=C3)[C@@H]1O. The molecule has 5 heteroatoms. The summed E-state index contributed by atoms with van der Waals surface area (Å²) in [5.74, 6) is 0.445. The first-order valence-corrected chi connectivity index (χ1v) is 8.36. The van der Waals surface area contributed by atoms with Crippen molar-refractivity contribution in [2.75, 3.05) is 0 Å². The number of fused-ring (bicyclic) bond motifs is 2. The molecule has 1 aliphatic heterocycles. The standard InChI is InChI=1S/C20H20O5/c1-10-8-14(22)15-12(17(10)23)9-24-19(15)16-13(21)5-4-11-6-7-20(2,3)25-18(11)16/h4-7,9-10,17,21,23H,8H2,1-3H3/t10-,17+/m0/s1. The minimum atomic E-state index is -0.760. The number of carbonyl (C=O) groups excluding carboxylic acids is 1. The van der Waals surface area contributed by atoms with Gasteiger partial charge in [0.2, 0.25) is 0 Å². The number of furan rings is 1. The number of hydrogen-bond acceptors (Lipinski definition) is 5. The number of benzene rings is 1. The molecule has 2 atom stereocenters. The quantitative estimate of drug-likeness (QED) is 0.817. The zero-order valence-electron chi connectivity index (χ0n) is 14.4. The van der Waals surface area contributed by atoms with Crippen molar-refractivity contribution in [1.82, 2.24) is 0 Å². The fourth-order valence-electron chi connectivity index (χ4n) is 3.51. The van der Waals surface area contributed by atoms with Crippen LogP contribution in [0.4, 0.5) is 0 Å². The number of aliphatic hydroxyl groups is 1. The number of Topliss-reactive ketones (excluding diaryl/α,β-unsaturated/α-hetero) is 1. The van der Waals surface area contributed by atoms with Gasteiger partial charge in [0.15, 0.2) is 11.5 Å². The molecule has 4 rings (SSSR count). The van der Waals surface area contributed by atoms with E-state index in [0.717, 1.165) is 5.56 Å². The molecule has 0 unspecified atom stereocenters. The fourth-order valence-corrected chi connectivity index (χ4v) is 3.51. The zero-order chi connectivity index (χ0) is 17.9. The lowest BCUT2D eigenvalue weighted by Crippen LogP contribution is -2.28. The van der Waals surface area contributed by atoms with Gasteiger partial charge < -0.3 is 19.4 Å². The average molecular weight is 340 g/mol. The van der Waals surface area contributed by atoms with Crippen molar-refractivity contribution in [3.8, 4) is 22.8 Å². The molecule has 1 aliphatic carbocycles. The molecule has 2 aromatic rings. The monoisotopic (exact) mass is 340 g/mol. The lowest BCUT2D eigenvalue weighted by atomic mass is 9.82. The van der Waals surface area contributed by atoms with Crippen molar-refractivity contribution in [3.05, 3.63) is 41.2 Å². The minimum absolute atomic E-state index is 0.0251. The number of ketones is 1. The van der Waals surface area contributed by atoms with E-state index in [-0.39, 0.29) is 29.6 Å². The van der Waals surface area contributed by atoms with Crippen LogP contribution >= 0.6 is 0 Å². The molecule has 1 aromatic carbocycles. The lowest BCUT2D eigenvalue weighted by molar-refractivity contribution is 0.0754. The van der Waals surface area contributed by atoms with E-state index in [9.17, 15) is 15.0 Å². The molecule has 0 fully saturated rings. The van der Waals surface area contributed by atoms with Crippen LogP contribution in [0.3, 0.4) is 0 Å². The summed E-state index contributed by atoms with van der Waals surface area (Å²) in [6.45, 7) is 5.65. The number of phenolic OH excluding ortho intramolecular Hbond substituents is 1. The number of ether oxygens (including phenoxy) is 1. The Kier molecular flexibility index (Phi) is 3.34. The van der Waals surface area contributed by atoms with Gasteiger partial charge in [-0.05, 0) is 38.0 Å². The van der Waals surface area contributed by atoms with E-state index >= 15 is 0 Å². The Bertz CT molecular complexity index is 903. The highest BCUT2D eigenvalue weighted by molar-refractivity contribution is 6.05. The third-order valence-corrected chi connectivity index (χ3v) is 4.89. The van der Waals surface area contributed by atoms with E-state index in [0.29, 0.717) is 22.4 Å². The van der Waals surface area contributed by atoms with E-state index in [2.05, 4.69) is 0 Å². The number of phenols is 1. The number of aromatic hydroxyl groups is 1. The van der Waals surface area contributed by atoms with E-state index in [1.165, 1.54) is 6.26 Å². The summed E-state index contributed by atoms with van der Waals surface area (Å²) in [5, 5.41) is 20.9. The predicted molar refractivity (Wildman–Crippen MR) is 92.6 cm³/mol. The molecule has 0 amide bonds. The first kappa shape index (κ1) is 16.0. The number of hydrogen-bond donors (Lipinski definition) is 2. The highest BCUT2D eigenvalue weighted by Gasteiger charge is 2.37. The van der Waals surface area contributed by atoms with Crippen molar-refractivity contribution in [1.29, 1.82) is 0 Å². The molecule has 0 saturated heterocycles. The molecule has 0 bridgehead atoms. The first-order chi connectivity index (χ1) is 11.8. The van der Waals surface area contributed by atoms with Gasteiger partial charge in [0.25, 0.3) is 0 Å². The maximum Gasteiger partial charge on any atom is 0.167 e. The molecule has 0 radical (unpaired) electrons. The van der Waals surface area contributed by atoms with Crippen LogP contribution in [0.5, 0.6) is 11.5 Å². The van der Waals surface area contributed by atoms with Crippen molar-refractivity contribution in [3.63, 3.8) is 0 Å². The molecule has 2 heterocycles. The van der Waals surface area contributed by atoms with Crippen LogP contribution in [-0.4, -0.2) is 21.6 Å². The highest BCUT2D eigenvalue weighted by atomic mass is 16.5. The Morgan fingerprint density at radius 1 is 1.24 bits per heavy atom. The van der Waals surface area contributed by atoms with Gasteiger partial charge in [-0.25, -0.2) is 0 Å². The highest BCUT2D eigenvalue weighted by Crippen LogP contribution is 2.49. The van der Waals surface area contributed by atoms with E-state index in [1.807, 2.05) is 32.9 Å². The Labute approximate surface area is 145 Å². The topological polar surface area (TPSA) is 79.9 Å². The molecular formula is C20H20O5. The maximum absolute atomic E-state index is 12.6. The van der Waals surface area contributed by atoms with Crippen LogP contribution in [0.25, 0.3) is 17.4 Å². The fraction of sp³-hybridized carbons (Fsp3) is 0.350. The molecule has 5 nitrogen and oxygen atoms in total. The summed E-state index contributed by atoms with van der Waals surface area (Å²) in [6.07, 6.45) is 4.75. The Balaban J connectivity index is 1.96. The van der Waals surface area contributed by atoms with Crippen LogP contribution in [-0.2, 0) is 0 Å². The second-order valence-corrected chi connectivity index (χ2v) is 7.36. The van der Waals surface area contributed by atoms with Gasteiger partial charge in [-0.15, -0.1) is 0 Å². The molecule has 2 N–H and O–H groups in total. The molecular weight excluding hydrogens is 320 g/mol. The van der Waals surface area contributed by atoms with Gasteiger partial charge in [-0.2, -0.15) is 0 Å². The molecule has 1 aromatic heterocycles. The summed E-state index contributed by atoms with van der Waals surface area (Å²) >= 11 is 0. The van der Waals surface area contributed by atoms with Crippen LogP contribution in [0.1, 0.15) is 54.8 Å². The Hall–Kier alpha value is -2.53. The molecule has 0 spiro atoms. The Morgan fingerprint density at radius 3 is 2.76 bits per heavy atom. The molecule has 2 aliphatic rings. The molecule has 25 heavy (non-hydrogen) atoms. The number of carbonyl (C=O) groups is 1. The Morgan fingerprint density at radius 2 is 2.00 bits per heavy atom. The van der Waals surface area contributed by atoms with Crippen LogP contribution < -0.4 is 4.74 Å². The number of rotatable bonds is 1. The summed E-state index contributed by atoms with van der Waals surface area (Å²) in [4.78, 5) is 12.6. The number of aliphatic hydroxyl groups excluding tert-OH is 1. The third-order valence-electron chi connectivity index (χ3n) is 4.89. The third kappa shape index (κ3) is 2.38. The second kappa shape index (κ2) is 5.23. The van der Waals surface area contributed by atoms with Gasteiger partial charge in [0.05, 0.1) is 17.9 Å². The van der Waals surface area contributed by atoms with Gasteiger partial charge >= 0.3 is 0 Å². The van der Waals surface area contributed by atoms with E-state index in [4.69, 9.17) is 9.15 Å². The normalized spacial score (nSPS) is 23.8. The molecule has 0 saturated carbocycles. The first-order valence-electron chi connectivity index (χ1n) is 8.36. The van der Waals surface area contributed by atoms with Crippen LogP contribution in [0.15, 0.2) is 28.9 Å². The summed E-state index contributed by atoms with van der Waals surface area (Å²) in [5.41, 5.74) is 1.42. The molecule has 130 valence electrons. The van der Waals surface area contributed by atoms with Crippen molar-refractivity contribution in [2.45, 2.75) is 38.9 Å². The zero-order valence-corrected chi connectivity index (χ0v) is 14.4. The van der Waals surface area contributed by atoms with Crippen LogP contribution in [0.2, 0.25) is 0 Å². The summed E-state index contributed by atoms with van der Waals surface area (Å²) < 4.78 is 11.7. The predicted octanol–water partition coefficient (Wildman–Crippen LogP) is 4.09. The van der Waals surface area contributed by atoms with Crippen molar-refractivity contribution in [2.24, 2.45) is 5.92 Å². The average Bonchev–Trinajstić information content (AvgIpc) is 2.97. The summed E-state index contributed by atoms with van der Waals surface area (Å²) in [6, 6.07) is 3.31.